The van der Waals surface area contributed by atoms with Crippen molar-refractivity contribution >= 4 is 0 Å². The van der Waals surface area contributed by atoms with E-state index in [1.807, 2.05) is 6.07 Å². The van der Waals surface area contributed by atoms with Gasteiger partial charge in [-0.1, -0.05) is 11.6 Å². The van der Waals surface area contributed by atoms with Gasteiger partial charge in [0.1, 0.15) is 11.4 Å². The van der Waals surface area contributed by atoms with Gasteiger partial charge in [0.15, 0.2) is 0 Å². The topological polar surface area (TPSA) is 32.7 Å². The first-order valence-corrected chi connectivity index (χ1v) is 7.87. The zero-order valence-corrected chi connectivity index (χ0v) is 12.1. The van der Waals surface area contributed by atoms with Gasteiger partial charge >= 0.3 is 0 Å². The number of hydrogen-bond donors (Lipinski definition) is 1. The Balaban J connectivity index is 1.63. The molecular formula is C17H23NO2. The van der Waals surface area contributed by atoms with Gasteiger partial charge in [-0.3, -0.25) is 0 Å². The number of nitrogens with zero attached hydrogens (tertiary/aromatic N) is 1. The molecule has 0 amide bonds. The second-order valence-corrected chi connectivity index (χ2v) is 6.83. The number of aliphatic hydroxyl groups is 1. The molecule has 0 aromatic heterocycles. The maximum absolute atomic E-state index is 10.6. The molecule has 3 aliphatic rings. The molecule has 108 valence electrons. The van der Waals surface area contributed by atoms with Crippen LogP contribution < -0.4 is 4.74 Å². The van der Waals surface area contributed by atoms with E-state index in [0.29, 0.717) is 6.04 Å². The molecule has 2 fully saturated rings. The first-order valence-electron chi connectivity index (χ1n) is 7.87. The van der Waals surface area contributed by atoms with Gasteiger partial charge in [0, 0.05) is 31.0 Å². The second-order valence-electron chi connectivity index (χ2n) is 6.83. The Bertz CT molecular complexity index is 530. The Labute approximate surface area is 120 Å². The highest BCUT2D eigenvalue weighted by molar-refractivity contribution is 5.41. The van der Waals surface area contributed by atoms with Crippen LogP contribution >= 0.6 is 0 Å². The Morgan fingerprint density at radius 1 is 1.30 bits per heavy atom. The highest BCUT2D eigenvalue weighted by Gasteiger charge is 2.47. The number of aryl methyl sites for hydroxylation is 1. The van der Waals surface area contributed by atoms with Crippen molar-refractivity contribution in [2.45, 2.75) is 56.8 Å². The minimum Gasteiger partial charge on any atom is -0.487 e. The van der Waals surface area contributed by atoms with Crippen LogP contribution in [0.5, 0.6) is 5.75 Å². The van der Waals surface area contributed by atoms with Gasteiger partial charge in [-0.05, 0) is 44.9 Å². The van der Waals surface area contributed by atoms with Gasteiger partial charge in [0.05, 0.1) is 6.10 Å². The molecule has 1 aromatic carbocycles. The van der Waals surface area contributed by atoms with Crippen LogP contribution in [-0.2, 0) is 0 Å². The molecule has 3 aliphatic heterocycles. The molecule has 3 heteroatoms. The fraction of sp³-hybridized carbons (Fsp3) is 0.647. The van der Waals surface area contributed by atoms with Crippen LogP contribution in [0.15, 0.2) is 18.2 Å². The van der Waals surface area contributed by atoms with Gasteiger partial charge in [-0.15, -0.1) is 0 Å². The van der Waals surface area contributed by atoms with Crippen LogP contribution in [0.4, 0.5) is 0 Å². The van der Waals surface area contributed by atoms with E-state index in [1.165, 1.54) is 24.9 Å². The Kier molecular flexibility index (Phi) is 2.83. The lowest BCUT2D eigenvalue weighted by Gasteiger charge is -2.47. The van der Waals surface area contributed by atoms with Crippen LogP contribution in [0, 0.1) is 6.92 Å². The van der Waals surface area contributed by atoms with Gasteiger partial charge < -0.3 is 14.7 Å². The van der Waals surface area contributed by atoms with E-state index in [0.717, 1.165) is 37.1 Å². The maximum Gasteiger partial charge on any atom is 0.125 e. The number of ether oxygens (including phenoxy) is 1. The minimum atomic E-state index is -0.369. The number of aliphatic hydroxyl groups excluding tert-OH is 1. The van der Waals surface area contributed by atoms with Crippen molar-refractivity contribution in [2.24, 2.45) is 0 Å². The highest BCUT2D eigenvalue weighted by Crippen LogP contribution is 2.46. The summed E-state index contributed by atoms with van der Waals surface area (Å²) in [4.78, 5) is 2.60. The van der Waals surface area contributed by atoms with Crippen molar-refractivity contribution < 1.29 is 9.84 Å². The first-order chi connectivity index (χ1) is 9.65. The summed E-state index contributed by atoms with van der Waals surface area (Å²) in [6, 6.07) is 6.85. The SMILES string of the molecule is Cc1ccc2c(c1)[C@H](O)CC1(CCN3CCCC3C1)O2. The maximum atomic E-state index is 10.6. The lowest BCUT2D eigenvalue weighted by molar-refractivity contribution is -0.0646. The zero-order chi connectivity index (χ0) is 13.7. The second kappa shape index (κ2) is 4.47. The predicted octanol–water partition coefficient (Wildman–Crippen LogP) is 2.81. The van der Waals surface area contributed by atoms with Crippen LogP contribution in [0.25, 0.3) is 0 Å². The number of rotatable bonds is 0. The largest absolute Gasteiger partial charge is 0.487 e. The van der Waals surface area contributed by atoms with E-state index in [2.05, 4.69) is 24.0 Å². The Morgan fingerprint density at radius 3 is 3.10 bits per heavy atom. The molecule has 0 aliphatic carbocycles. The quantitative estimate of drug-likeness (QED) is 0.789. The van der Waals surface area contributed by atoms with E-state index >= 15 is 0 Å². The average molecular weight is 273 g/mol. The lowest BCUT2D eigenvalue weighted by Crippen LogP contribution is -2.52. The van der Waals surface area contributed by atoms with Gasteiger partial charge in [0.2, 0.25) is 0 Å². The van der Waals surface area contributed by atoms with Crippen LogP contribution in [-0.4, -0.2) is 34.7 Å². The highest BCUT2D eigenvalue weighted by atomic mass is 16.5. The van der Waals surface area contributed by atoms with Crippen LogP contribution in [0.3, 0.4) is 0 Å². The summed E-state index contributed by atoms with van der Waals surface area (Å²) in [6.07, 6.45) is 5.13. The molecule has 0 saturated carbocycles. The van der Waals surface area contributed by atoms with Crippen molar-refractivity contribution in [2.75, 3.05) is 13.1 Å². The zero-order valence-electron chi connectivity index (χ0n) is 12.1. The summed E-state index contributed by atoms with van der Waals surface area (Å²) < 4.78 is 6.41. The van der Waals surface area contributed by atoms with E-state index in [-0.39, 0.29) is 11.7 Å². The molecule has 0 bridgehead atoms. The molecule has 20 heavy (non-hydrogen) atoms. The minimum absolute atomic E-state index is 0.132. The average Bonchev–Trinajstić information content (AvgIpc) is 2.87. The number of piperidine rings is 1. The molecule has 1 aromatic rings. The summed E-state index contributed by atoms with van der Waals surface area (Å²) in [5.74, 6) is 0.904. The molecule has 2 saturated heterocycles. The third-order valence-corrected chi connectivity index (χ3v) is 5.38. The first kappa shape index (κ1) is 12.7. The van der Waals surface area contributed by atoms with E-state index in [9.17, 15) is 5.11 Å². The molecule has 2 unspecified atom stereocenters. The smallest absolute Gasteiger partial charge is 0.125 e. The van der Waals surface area contributed by atoms with Crippen molar-refractivity contribution in [3.8, 4) is 5.75 Å². The summed E-state index contributed by atoms with van der Waals surface area (Å²) in [7, 11) is 0. The molecule has 3 nitrogen and oxygen atoms in total. The summed E-state index contributed by atoms with van der Waals surface area (Å²) >= 11 is 0. The predicted molar refractivity (Wildman–Crippen MR) is 77.9 cm³/mol. The van der Waals surface area contributed by atoms with Crippen LogP contribution in [0.2, 0.25) is 0 Å². The fourth-order valence-electron chi connectivity index (χ4n) is 4.34. The monoisotopic (exact) mass is 273 g/mol. The molecule has 3 atom stereocenters. The Hall–Kier alpha value is -1.06. The van der Waals surface area contributed by atoms with Gasteiger partial charge in [0.25, 0.3) is 0 Å². The lowest BCUT2D eigenvalue weighted by atomic mass is 9.79. The third-order valence-electron chi connectivity index (χ3n) is 5.38. The summed E-state index contributed by atoms with van der Waals surface area (Å²) in [5, 5.41) is 10.6. The normalized spacial score (nSPS) is 36.5. The van der Waals surface area contributed by atoms with Crippen molar-refractivity contribution in [3.63, 3.8) is 0 Å². The van der Waals surface area contributed by atoms with Crippen molar-refractivity contribution in [1.82, 2.24) is 4.90 Å². The standard InChI is InChI=1S/C17H23NO2/c1-12-4-5-16-14(9-12)15(19)11-17(20-16)6-8-18-7-2-3-13(18)10-17/h4-5,9,13,15,19H,2-3,6-8,10-11H2,1H3/t13?,15-,17?/m1/s1. The third kappa shape index (κ3) is 1.95. The van der Waals surface area contributed by atoms with E-state index in [4.69, 9.17) is 4.74 Å². The molecule has 3 heterocycles. The summed E-state index contributed by atoms with van der Waals surface area (Å²) in [6.45, 7) is 4.44. The fourth-order valence-corrected chi connectivity index (χ4v) is 4.34. The van der Waals surface area contributed by atoms with Crippen molar-refractivity contribution in [3.05, 3.63) is 29.3 Å². The van der Waals surface area contributed by atoms with Gasteiger partial charge in [-0.2, -0.15) is 0 Å². The molecular weight excluding hydrogens is 250 g/mol. The number of fused-ring (bicyclic) bond motifs is 2. The molecule has 0 radical (unpaired) electrons. The van der Waals surface area contributed by atoms with E-state index in [1.54, 1.807) is 0 Å². The summed E-state index contributed by atoms with van der Waals surface area (Å²) in [5.41, 5.74) is 2.03. The van der Waals surface area contributed by atoms with Crippen molar-refractivity contribution in [1.29, 1.82) is 0 Å². The number of benzene rings is 1. The number of hydrogen-bond acceptors (Lipinski definition) is 3. The molecule has 1 N–H and O–H groups in total. The van der Waals surface area contributed by atoms with E-state index < -0.39 is 0 Å². The molecule has 4 rings (SSSR count). The van der Waals surface area contributed by atoms with Gasteiger partial charge in [-0.25, -0.2) is 0 Å². The molecule has 1 spiro atoms. The Morgan fingerprint density at radius 2 is 2.20 bits per heavy atom. The van der Waals surface area contributed by atoms with Crippen LogP contribution in [0.1, 0.15) is 49.3 Å².